The molecule has 12 atom stereocenters. The molecule has 12 nitrogen and oxygen atoms in total. The van der Waals surface area contributed by atoms with Crippen LogP contribution in [0.4, 0.5) is 0 Å². The summed E-state index contributed by atoms with van der Waals surface area (Å²) in [5.74, 6) is -3.57. The lowest BCUT2D eigenvalue weighted by atomic mass is 9.33. The highest BCUT2D eigenvalue weighted by Crippen LogP contribution is 2.85. The van der Waals surface area contributed by atoms with E-state index in [9.17, 15) is 29.7 Å². The molecular weight excluding hydrogens is 576 g/mol. The smallest absolute Gasteiger partial charge is 0.308 e. The highest BCUT2D eigenvalue weighted by atomic mass is 16.7. The zero-order valence-electron chi connectivity index (χ0n) is 26.0. The van der Waals surface area contributed by atoms with Gasteiger partial charge in [-0.2, -0.15) is 0 Å². The Labute approximate surface area is 255 Å². The fraction of sp³-hybridized carbons (Fsp3) is 0.781. The van der Waals surface area contributed by atoms with Crippen molar-refractivity contribution in [2.45, 2.75) is 108 Å². The van der Waals surface area contributed by atoms with Gasteiger partial charge in [-0.05, 0) is 31.2 Å². The first-order valence-electron chi connectivity index (χ1n) is 15.5. The summed E-state index contributed by atoms with van der Waals surface area (Å²) < 4.78 is 36.1. The van der Waals surface area contributed by atoms with Crippen molar-refractivity contribution in [2.75, 3.05) is 13.9 Å². The van der Waals surface area contributed by atoms with Crippen LogP contribution in [0.3, 0.4) is 0 Å². The number of ketones is 1. The first-order valence-corrected chi connectivity index (χ1v) is 15.5. The largest absolute Gasteiger partial charge is 0.472 e. The van der Waals surface area contributed by atoms with Crippen molar-refractivity contribution in [3.63, 3.8) is 0 Å². The Bertz CT molecular complexity index is 1410. The van der Waals surface area contributed by atoms with Crippen molar-refractivity contribution in [3.8, 4) is 0 Å². The lowest BCUT2D eigenvalue weighted by Gasteiger charge is -2.76. The Morgan fingerprint density at radius 2 is 1.86 bits per heavy atom. The maximum absolute atomic E-state index is 14.2. The average Bonchev–Trinajstić information content (AvgIpc) is 3.72. The van der Waals surface area contributed by atoms with E-state index in [-0.39, 0.29) is 44.7 Å². The van der Waals surface area contributed by atoms with Gasteiger partial charge in [0.2, 0.25) is 0 Å². The molecule has 12 heteroatoms. The number of furan rings is 1. The van der Waals surface area contributed by atoms with E-state index in [2.05, 4.69) is 0 Å². The van der Waals surface area contributed by atoms with Crippen LogP contribution in [0.25, 0.3) is 0 Å². The number of Topliss-reactive ketones (excluding diaryl/α,β-unsaturated/α-hetero) is 1. The average molecular weight is 619 g/mol. The van der Waals surface area contributed by atoms with Crippen molar-refractivity contribution in [1.29, 1.82) is 0 Å². The monoisotopic (exact) mass is 618 g/mol. The lowest BCUT2D eigenvalue weighted by Crippen LogP contribution is -2.93. The summed E-state index contributed by atoms with van der Waals surface area (Å²) in [4.78, 5) is 41.1. The molecule has 1 aromatic heterocycles. The fourth-order valence-corrected chi connectivity index (χ4v) is 11.3. The Hall–Kier alpha value is -2.35. The molecule has 12 unspecified atom stereocenters. The Balaban J connectivity index is 1.51. The van der Waals surface area contributed by atoms with E-state index in [0.29, 0.717) is 5.56 Å². The van der Waals surface area contributed by atoms with Gasteiger partial charge in [-0.25, -0.2) is 0 Å². The molecule has 44 heavy (non-hydrogen) atoms. The standard InChI is InChI=1S/C32H42O12/c1-16(2)23(36)44-24-27(4)14-29(37)28(5,18(27)11-20(33)39-6)30-9-8-26(3,22(35)17-7-10-40-13-17)19-12-21(34)43-25(31(24,29)38)32(19,30)42-15-41-30/h7,10,13,16,18-20,24-25,33,37-38H,8-9,11-12,14-15H2,1-6H3. The number of fused-ring (bicyclic) bond motifs is 2. The maximum Gasteiger partial charge on any atom is 0.308 e. The first kappa shape index (κ1) is 30.3. The molecule has 2 aliphatic heterocycles. The highest BCUT2D eigenvalue weighted by Gasteiger charge is 2.99. The summed E-state index contributed by atoms with van der Waals surface area (Å²) in [5.41, 5.74) is -10.7. The van der Waals surface area contributed by atoms with Gasteiger partial charge in [-0.15, -0.1) is 0 Å². The van der Waals surface area contributed by atoms with E-state index in [1.807, 2.05) is 13.8 Å². The van der Waals surface area contributed by atoms with Crippen molar-refractivity contribution in [1.82, 2.24) is 0 Å². The van der Waals surface area contributed by atoms with Gasteiger partial charge in [-0.1, -0.05) is 34.6 Å². The van der Waals surface area contributed by atoms with E-state index < -0.39 is 86.8 Å². The zero-order chi connectivity index (χ0) is 31.9. The number of carbonyl (C=O) groups is 3. The van der Waals surface area contributed by atoms with E-state index in [1.54, 1.807) is 26.8 Å². The molecule has 2 bridgehead atoms. The van der Waals surface area contributed by atoms with Gasteiger partial charge < -0.3 is 43.4 Å². The van der Waals surface area contributed by atoms with Crippen molar-refractivity contribution in [2.24, 2.45) is 34.0 Å². The molecule has 1 aromatic rings. The number of aliphatic hydroxyl groups is 3. The van der Waals surface area contributed by atoms with Crippen molar-refractivity contribution in [3.05, 3.63) is 24.2 Å². The Morgan fingerprint density at radius 3 is 2.50 bits per heavy atom. The third-order valence-electron chi connectivity index (χ3n) is 13.1. The number of esters is 2. The number of ether oxygens (including phenoxy) is 5. The topological polar surface area (TPSA) is 171 Å². The molecular formula is C32H42O12. The second-order valence-corrected chi connectivity index (χ2v) is 14.9. The number of rotatable bonds is 7. The summed E-state index contributed by atoms with van der Waals surface area (Å²) in [6.45, 7) is 8.53. The number of methoxy groups -OCH3 is 1. The maximum atomic E-state index is 14.2. The predicted octanol–water partition coefficient (Wildman–Crippen LogP) is 2.12. The van der Waals surface area contributed by atoms with Crippen LogP contribution in [0, 0.1) is 34.0 Å². The number of aliphatic hydroxyl groups excluding tert-OH is 1. The molecule has 4 aliphatic carbocycles. The van der Waals surface area contributed by atoms with Gasteiger partial charge in [0.1, 0.15) is 36.0 Å². The van der Waals surface area contributed by atoms with Crippen LogP contribution in [0.2, 0.25) is 0 Å². The van der Waals surface area contributed by atoms with Gasteiger partial charge in [0.25, 0.3) is 0 Å². The van der Waals surface area contributed by atoms with Gasteiger partial charge in [0.05, 0.1) is 24.2 Å². The molecule has 0 aromatic carbocycles. The molecule has 6 fully saturated rings. The van der Waals surface area contributed by atoms with Crippen LogP contribution >= 0.6 is 0 Å². The van der Waals surface area contributed by atoms with Crippen LogP contribution in [0.5, 0.6) is 0 Å². The van der Waals surface area contributed by atoms with E-state index in [1.165, 1.54) is 19.6 Å². The summed E-state index contributed by atoms with van der Waals surface area (Å²) in [6.07, 6.45) is -1.08. The lowest BCUT2D eigenvalue weighted by molar-refractivity contribution is -0.415. The van der Waals surface area contributed by atoms with Gasteiger partial charge in [-0.3, -0.25) is 14.4 Å². The third-order valence-corrected chi connectivity index (χ3v) is 13.1. The third kappa shape index (κ3) is 2.95. The molecule has 2 saturated heterocycles. The summed E-state index contributed by atoms with van der Waals surface area (Å²) >= 11 is 0. The minimum atomic E-state index is -2.35. The fourth-order valence-electron chi connectivity index (χ4n) is 11.3. The molecule has 0 radical (unpaired) electrons. The van der Waals surface area contributed by atoms with Crippen LogP contribution in [0.1, 0.15) is 77.1 Å². The minimum absolute atomic E-state index is 0.0269. The normalized spacial score (nSPS) is 50.6. The second-order valence-electron chi connectivity index (χ2n) is 14.9. The van der Waals surface area contributed by atoms with Gasteiger partial charge >= 0.3 is 11.9 Å². The molecule has 3 N–H and O–H groups in total. The molecule has 7 rings (SSSR count). The van der Waals surface area contributed by atoms with E-state index in [0.717, 1.165) is 0 Å². The van der Waals surface area contributed by atoms with E-state index in [4.69, 9.17) is 28.1 Å². The molecule has 0 amide bonds. The SMILES string of the molecule is COC(O)CC1C2(C)CC3(O)C(O)(C2OC(=O)C(C)C)C2OC(=O)CC4C(C)(C(=O)c5ccoc5)CCC5(OCOC425)C13C. The minimum Gasteiger partial charge on any atom is -0.472 e. The van der Waals surface area contributed by atoms with Crippen LogP contribution < -0.4 is 0 Å². The predicted molar refractivity (Wildman–Crippen MR) is 147 cm³/mol. The molecule has 242 valence electrons. The van der Waals surface area contributed by atoms with Crippen LogP contribution in [0.15, 0.2) is 23.0 Å². The second kappa shape index (κ2) is 8.92. The molecule has 1 spiro atoms. The van der Waals surface area contributed by atoms with E-state index >= 15 is 0 Å². The van der Waals surface area contributed by atoms with Crippen LogP contribution in [-0.2, 0) is 33.3 Å². The number of carbonyl (C=O) groups excluding carboxylic acids is 3. The summed E-state index contributed by atoms with van der Waals surface area (Å²) in [6, 6.07) is 1.57. The summed E-state index contributed by atoms with van der Waals surface area (Å²) in [5, 5.41) is 37.1. The quantitative estimate of drug-likeness (QED) is 0.231. The van der Waals surface area contributed by atoms with Gasteiger partial charge in [0, 0.05) is 35.7 Å². The molecule has 6 aliphatic rings. The van der Waals surface area contributed by atoms with Gasteiger partial charge in [0.15, 0.2) is 23.8 Å². The zero-order valence-corrected chi connectivity index (χ0v) is 26.0. The molecule has 4 saturated carbocycles. The molecule has 3 heterocycles. The van der Waals surface area contributed by atoms with Crippen molar-refractivity contribution >= 4 is 17.7 Å². The number of hydrogen-bond donors (Lipinski definition) is 3. The first-order chi connectivity index (χ1) is 20.5. The highest BCUT2D eigenvalue weighted by molar-refractivity contribution is 6.01. The summed E-state index contributed by atoms with van der Waals surface area (Å²) in [7, 11) is 1.37. The number of hydrogen-bond acceptors (Lipinski definition) is 12. The Kier molecular flexibility index (Phi) is 6.14. The van der Waals surface area contributed by atoms with Crippen molar-refractivity contribution < 1.29 is 57.8 Å². The van der Waals surface area contributed by atoms with Crippen LogP contribution in [-0.4, -0.2) is 87.8 Å². The Morgan fingerprint density at radius 1 is 1.14 bits per heavy atom.